The van der Waals surface area contributed by atoms with Gasteiger partial charge in [0.2, 0.25) is 0 Å². The van der Waals surface area contributed by atoms with Crippen LogP contribution in [0.5, 0.6) is 0 Å². The zero-order valence-corrected chi connectivity index (χ0v) is 11.6. The molecule has 0 unspecified atom stereocenters. The molecule has 0 radical (unpaired) electrons. The van der Waals surface area contributed by atoms with Gasteiger partial charge in [0.25, 0.3) is 0 Å². The SMILES string of the molecule is [O-][Cl+3]([O-])([O-])O.c1ccc(-c2csc3nccc[n+]23)cc1. The highest BCUT2D eigenvalue weighted by Crippen LogP contribution is 2.18. The van der Waals surface area contributed by atoms with Crippen molar-refractivity contribution in [2.45, 2.75) is 0 Å². The number of fused-ring (bicyclic) bond motifs is 1. The minimum absolute atomic E-state index is 1.02. The van der Waals surface area contributed by atoms with Crippen LogP contribution in [0, 0.1) is 10.2 Å². The van der Waals surface area contributed by atoms with Crippen LogP contribution in [0.2, 0.25) is 0 Å². The van der Waals surface area contributed by atoms with E-state index in [2.05, 4.69) is 39.0 Å². The zero-order valence-electron chi connectivity index (χ0n) is 10.0. The van der Waals surface area contributed by atoms with Crippen molar-refractivity contribution in [1.82, 2.24) is 4.98 Å². The van der Waals surface area contributed by atoms with Crippen molar-refractivity contribution in [3.05, 3.63) is 54.2 Å². The molecule has 0 bridgehead atoms. The third kappa shape index (κ3) is 4.20. The third-order valence-corrected chi connectivity index (χ3v) is 3.17. The van der Waals surface area contributed by atoms with E-state index in [0.717, 1.165) is 4.96 Å². The van der Waals surface area contributed by atoms with Gasteiger partial charge in [-0.05, 0) is 4.98 Å². The molecule has 3 rings (SSSR count). The lowest BCUT2D eigenvalue weighted by Crippen LogP contribution is -2.58. The first-order chi connectivity index (χ1) is 9.45. The molecule has 0 aliphatic heterocycles. The molecular weight excluding hydrogens is 304 g/mol. The van der Waals surface area contributed by atoms with Crippen molar-refractivity contribution in [3.63, 3.8) is 0 Å². The number of nitrogens with zero attached hydrogens (tertiary/aromatic N) is 2. The van der Waals surface area contributed by atoms with Gasteiger partial charge in [-0.2, -0.15) is 18.4 Å². The molecule has 1 aromatic carbocycles. The normalized spacial score (nSPS) is 11.0. The number of benzene rings is 1. The predicted molar refractivity (Wildman–Crippen MR) is 62.9 cm³/mol. The van der Waals surface area contributed by atoms with Crippen LogP contribution in [-0.2, 0) is 0 Å². The lowest BCUT2D eigenvalue weighted by atomic mass is 10.2. The summed E-state index contributed by atoms with van der Waals surface area (Å²) in [5, 5.41) is 2.14. The lowest BCUT2D eigenvalue weighted by Gasteiger charge is -2.03. The Morgan fingerprint density at radius 2 is 1.75 bits per heavy atom. The Balaban J connectivity index is 0.000000257. The summed E-state index contributed by atoms with van der Waals surface area (Å²) in [6.07, 6.45) is 3.86. The Hall–Kier alpha value is -1.61. The average Bonchev–Trinajstić information content (AvgIpc) is 2.81. The third-order valence-electron chi connectivity index (χ3n) is 2.32. The molecule has 0 atom stereocenters. The van der Waals surface area contributed by atoms with Gasteiger partial charge in [-0.3, -0.25) is 0 Å². The van der Waals surface area contributed by atoms with Crippen molar-refractivity contribution in [3.8, 4) is 11.3 Å². The molecule has 0 aliphatic carbocycles. The van der Waals surface area contributed by atoms with Crippen molar-refractivity contribution in [1.29, 1.82) is 0 Å². The van der Waals surface area contributed by atoms with Gasteiger partial charge < -0.3 is 0 Å². The monoisotopic (exact) mass is 313 g/mol. The number of hydrogen-bond acceptors (Lipinski definition) is 6. The molecule has 20 heavy (non-hydrogen) atoms. The van der Waals surface area contributed by atoms with Gasteiger partial charge in [-0.15, -0.1) is 0 Å². The van der Waals surface area contributed by atoms with E-state index in [9.17, 15) is 0 Å². The van der Waals surface area contributed by atoms with E-state index < -0.39 is 10.2 Å². The quantitative estimate of drug-likeness (QED) is 0.546. The van der Waals surface area contributed by atoms with Crippen LogP contribution >= 0.6 is 11.3 Å². The number of thiazole rings is 1. The van der Waals surface area contributed by atoms with Crippen molar-refractivity contribution in [2.24, 2.45) is 0 Å². The fraction of sp³-hybridized carbons (Fsp3) is 0. The summed E-state index contributed by atoms with van der Waals surface area (Å²) in [7, 11) is -4.69. The second-order valence-electron chi connectivity index (χ2n) is 3.66. The maximum absolute atomic E-state index is 8.60. The van der Waals surface area contributed by atoms with E-state index in [1.165, 1.54) is 11.3 Å². The van der Waals surface area contributed by atoms with E-state index in [1.54, 1.807) is 11.3 Å². The summed E-state index contributed by atoms with van der Waals surface area (Å²) >= 11 is 1.66. The number of rotatable bonds is 1. The molecule has 6 nitrogen and oxygen atoms in total. The van der Waals surface area contributed by atoms with Gasteiger partial charge in [0, 0.05) is 17.0 Å². The highest BCUT2D eigenvalue weighted by atomic mass is 35.7. The molecule has 3 aromatic rings. The molecule has 2 aromatic heterocycles. The summed E-state index contributed by atoms with van der Waals surface area (Å²) < 4.78 is 34.8. The Labute approximate surface area is 120 Å². The van der Waals surface area contributed by atoms with E-state index in [0.29, 0.717) is 0 Å². The molecule has 0 amide bonds. The van der Waals surface area contributed by atoms with Crippen molar-refractivity contribution in [2.75, 3.05) is 0 Å². The molecule has 0 saturated heterocycles. The standard InChI is InChI=1S/C12H9N2S.ClHO4/c1-2-5-10(6-3-1)11-9-15-12-13-7-4-8-14(11)12;2-1(3,4)5/h1-9H;(H,2,3,4,5)/q+1;. The van der Waals surface area contributed by atoms with E-state index in [4.69, 9.17) is 18.6 Å². The van der Waals surface area contributed by atoms with Gasteiger partial charge in [0.1, 0.15) is 12.4 Å². The Morgan fingerprint density at radius 1 is 1.10 bits per heavy atom. The summed E-state index contributed by atoms with van der Waals surface area (Å²) in [5.41, 5.74) is 2.42. The van der Waals surface area contributed by atoms with Crippen LogP contribution in [0.1, 0.15) is 0 Å². The highest BCUT2D eigenvalue weighted by molar-refractivity contribution is 7.14. The molecule has 0 saturated carbocycles. The molecule has 1 N–H and O–H groups in total. The molecule has 104 valence electrons. The van der Waals surface area contributed by atoms with Gasteiger partial charge in [-0.1, -0.05) is 41.7 Å². The Morgan fingerprint density at radius 3 is 2.40 bits per heavy atom. The zero-order chi connectivity index (χ0) is 14.6. The summed E-state index contributed by atoms with van der Waals surface area (Å²) in [5.74, 6) is 0. The molecule has 0 fully saturated rings. The minimum Gasteiger partial charge on any atom is -0.186 e. The first kappa shape index (κ1) is 14.8. The Bertz CT molecular complexity index is 678. The van der Waals surface area contributed by atoms with Crippen LogP contribution in [0.25, 0.3) is 16.2 Å². The number of halogens is 1. The molecule has 2 heterocycles. The maximum atomic E-state index is 8.60. The van der Waals surface area contributed by atoms with Crippen LogP contribution in [-0.4, -0.2) is 9.64 Å². The highest BCUT2D eigenvalue weighted by Gasteiger charge is 2.12. The number of hydrogen-bond donors (Lipinski definition) is 1. The summed E-state index contributed by atoms with van der Waals surface area (Å²) in [6, 6.07) is 12.3. The van der Waals surface area contributed by atoms with Crippen LogP contribution in [0.3, 0.4) is 0 Å². The summed E-state index contributed by atoms with van der Waals surface area (Å²) in [6.45, 7) is 0. The Kier molecular flexibility index (Phi) is 4.61. The molecular formula is C12H10ClN2O4S+. The minimum atomic E-state index is -4.69. The van der Waals surface area contributed by atoms with E-state index in [-0.39, 0.29) is 0 Å². The first-order valence-corrected chi connectivity index (χ1v) is 7.52. The van der Waals surface area contributed by atoms with Crippen molar-refractivity contribution < 1.29 is 33.3 Å². The van der Waals surface area contributed by atoms with Crippen LogP contribution < -0.4 is 18.4 Å². The molecule has 8 heteroatoms. The van der Waals surface area contributed by atoms with Crippen molar-refractivity contribution >= 4 is 16.3 Å². The fourth-order valence-corrected chi connectivity index (χ4v) is 2.47. The van der Waals surface area contributed by atoms with Gasteiger partial charge in [0.05, 0.1) is 14.9 Å². The second kappa shape index (κ2) is 6.23. The predicted octanol–water partition coefficient (Wildman–Crippen LogP) is -1.58. The van der Waals surface area contributed by atoms with E-state index in [1.807, 2.05) is 24.5 Å². The van der Waals surface area contributed by atoms with Gasteiger partial charge in [0.15, 0.2) is 5.69 Å². The topological polar surface area (TPSA) is 106 Å². The largest absolute Gasteiger partial charge is 0.387 e. The smallest absolute Gasteiger partial charge is 0.186 e. The van der Waals surface area contributed by atoms with Gasteiger partial charge >= 0.3 is 4.96 Å². The first-order valence-electron chi connectivity index (χ1n) is 5.38. The second-order valence-corrected chi connectivity index (χ2v) is 5.28. The maximum Gasteiger partial charge on any atom is 0.387 e. The molecule has 0 spiro atoms. The fourth-order valence-electron chi connectivity index (χ4n) is 1.61. The van der Waals surface area contributed by atoms with Gasteiger partial charge in [-0.25, -0.2) is 0 Å². The lowest BCUT2D eigenvalue weighted by molar-refractivity contribution is -1.92. The summed E-state index contributed by atoms with van der Waals surface area (Å²) in [4.78, 5) is 5.33. The van der Waals surface area contributed by atoms with E-state index >= 15 is 0 Å². The molecule has 0 aliphatic rings. The number of aromatic nitrogens is 2. The van der Waals surface area contributed by atoms with Crippen LogP contribution in [0.4, 0.5) is 0 Å². The van der Waals surface area contributed by atoms with Crippen LogP contribution in [0.15, 0.2) is 54.2 Å². The average molecular weight is 314 g/mol.